The third kappa shape index (κ3) is 3.09. The molecule has 134 valence electrons. The Morgan fingerprint density at radius 1 is 1.19 bits per heavy atom. The van der Waals surface area contributed by atoms with Crippen LogP contribution in [0.4, 0.5) is 0 Å². The summed E-state index contributed by atoms with van der Waals surface area (Å²) in [4.78, 5) is 33.4. The van der Waals surface area contributed by atoms with E-state index in [9.17, 15) is 9.59 Å². The van der Waals surface area contributed by atoms with Gasteiger partial charge in [-0.05, 0) is 37.1 Å². The van der Waals surface area contributed by atoms with E-state index in [1.165, 1.54) is 0 Å². The molecule has 1 saturated heterocycles. The minimum Gasteiger partial charge on any atom is -0.340 e. The summed E-state index contributed by atoms with van der Waals surface area (Å²) in [5.41, 5.74) is 1.60. The largest absolute Gasteiger partial charge is 0.340 e. The van der Waals surface area contributed by atoms with Gasteiger partial charge in [-0.15, -0.1) is 0 Å². The standard InChI is InChI=1S/C21H23N3O2/c1-23(14-17-9-5-6-11-22-17)20(26)18-13-21(18)10-12-24(15-21)19(25)16-7-3-2-4-8-16/h2-9,11,18H,10,12-15H2,1H3. The van der Waals surface area contributed by atoms with E-state index in [4.69, 9.17) is 0 Å². The summed E-state index contributed by atoms with van der Waals surface area (Å²) in [6.45, 7) is 1.95. The van der Waals surface area contributed by atoms with E-state index in [-0.39, 0.29) is 23.1 Å². The summed E-state index contributed by atoms with van der Waals surface area (Å²) in [5.74, 6) is 0.275. The molecule has 2 aliphatic rings. The van der Waals surface area contributed by atoms with Gasteiger partial charge in [0.15, 0.2) is 0 Å². The average molecular weight is 349 g/mol. The first-order valence-electron chi connectivity index (χ1n) is 9.08. The molecule has 2 atom stereocenters. The van der Waals surface area contributed by atoms with Crippen LogP contribution in [0.15, 0.2) is 54.7 Å². The van der Waals surface area contributed by atoms with E-state index in [0.717, 1.165) is 30.6 Å². The van der Waals surface area contributed by atoms with Gasteiger partial charge in [-0.25, -0.2) is 0 Å². The minimum atomic E-state index is -0.0140. The fourth-order valence-corrected chi connectivity index (χ4v) is 4.06. The molecule has 2 heterocycles. The van der Waals surface area contributed by atoms with Gasteiger partial charge in [-0.3, -0.25) is 14.6 Å². The van der Waals surface area contributed by atoms with Crippen molar-refractivity contribution in [3.8, 4) is 0 Å². The maximum atomic E-state index is 12.8. The number of pyridine rings is 1. The lowest BCUT2D eigenvalue weighted by atomic mass is 10.0. The predicted octanol–water partition coefficient (Wildman–Crippen LogP) is 2.59. The van der Waals surface area contributed by atoms with Gasteiger partial charge in [0.1, 0.15) is 0 Å². The monoisotopic (exact) mass is 349 g/mol. The van der Waals surface area contributed by atoms with Crippen LogP contribution in [-0.4, -0.2) is 46.7 Å². The Morgan fingerprint density at radius 3 is 2.69 bits per heavy atom. The Morgan fingerprint density at radius 2 is 1.96 bits per heavy atom. The van der Waals surface area contributed by atoms with Gasteiger partial charge in [-0.2, -0.15) is 0 Å². The van der Waals surface area contributed by atoms with Crippen molar-refractivity contribution in [1.82, 2.24) is 14.8 Å². The molecule has 1 aromatic heterocycles. The zero-order valence-electron chi connectivity index (χ0n) is 15.0. The van der Waals surface area contributed by atoms with Crippen LogP contribution in [-0.2, 0) is 11.3 Å². The van der Waals surface area contributed by atoms with Crippen LogP contribution in [0.1, 0.15) is 28.9 Å². The molecule has 0 bridgehead atoms. The molecule has 1 spiro atoms. The van der Waals surface area contributed by atoms with E-state index >= 15 is 0 Å². The SMILES string of the molecule is CN(Cc1ccccn1)C(=O)C1CC12CCN(C(=O)c1ccccc1)C2. The van der Waals surface area contributed by atoms with Crippen molar-refractivity contribution in [1.29, 1.82) is 0 Å². The molecule has 2 unspecified atom stereocenters. The van der Waals surface area contributed by atoms with Crippen molar-refractivity contribution >= 4 is 11.8 Å². The first-order valence-corrected chi connectivity index (χ1v) is 9.08. The van der Waals surface area contributed by atoms with Gasteiger partial charge in [0, 0.05) is 43.2 Å². The second kappa shape index (κ2) is 6.56. The summed E-state index contributed by atoms with van der Waals surface area (Å²) < 4.78 is 0. The molecule has 2 amide bonds. The van der Waals surface area contributed by atoms with Crippen molar-refractivity contribution in [2.45, 2.75) is 19.4 Å². The Bertz CT molecular complexity index is 809. The normalized spacial score (nSPS) is 23.9. The van der Waals surface area contributed by atoms with Crippen LogP contribution in [0.25, 0.3) is 0 Å². The Kier molecular flexibility index (Phi) is 4.23. The van der Waals surface area contributed by atoms with E-state index in [1.807, 2.05) is 60.5 Å². The maximum Gasteiger partial charge on any atom is 0.253 e. The lowest BCUT2D eigenvalue weighted by molar-refractivity contribution is -0.132. The highest BCUT2D eigenvalue weighted by atomic mass is 16.2. The van der Waals surface area contributed by atoms with Gasteiger partial charge in [0.25, 0.3) is 5.91 Å². The van der Waals surface area contributed by atoms with E-state index in [2.05, 4.69) is 4.98 Å². The highest BCUT2D eigenvalue weighted by Crippen LogP contribution is 2.59. The number of carbonyl (C=O) groups excluding carboxylic acids is 2. The Balaban J connectivity index is 1.37. The lowest BCUT2D eigenvalue weighted by Crippen LogP contribution is -2.32. The van der Waals surface area contributed by atoms with Gasteiger partial charge >= 0.3 is 0 Å². The summed E-state index contributed by atoms with van der Waals surface area (Å²) in [6.07, 6.45) is 3.55. The minimum absolute atomic E-state index is 0.0140. The average Bonchev–Trinajstić information content (AvgIpc) is 3.21. The van der Waals surface area contributed by atoms with Crippen molar-refractivity contribution in [2.75, 3.05) is 20.1 Å². The number of rotatable bonds is 4. The van der Waals surface area contributed by atoms with Crippen LogP contribution < -0.4 is 0 Å². The van der Waals surface area contributed by atoms with Crippen LogP contribution >= 0.6 is 0 Å². The number of amides is 2. The molecule has 2 fully saturated rings. The fourth-order valence-electron chi connectivity index (χ4n) is 4.06. The molecule has 2 aromatic rings. The van der Waals surface area contributed by atoms with Gasteiger partial charge in [0.05, 0.1) is 12.2 Å². The topological polar surface area (TPSA) is 53.5 Å². The van der Waals surface area contributed by atoms with Crippen LogP contribution in [0, 0.1) is 11.3 Å². The highest BCUT2D eigenvalue weighted by Gasteiger charge is 2.61. The summed E-state index contributed by atoms with van der Waals surface area (Å²) >= 11 is 0. The third-order valence-corrected chi connectivity index (χ3v) is 5.68. The molecule has 5 heteroatoms. The molecule has 0 N–H and O–H groups in total. The number of aromatic nitrogens is 1. The molecule has 26 heavy (non-hydrogen) atoms. The molecule has 1 aliphatic carbocycles. The number of likely N-dealkylation sites (tertiary alicyclic amines) is 1. The van der Waals surface area contributed by atoms with Crippen LogP contribution in [0.5, 0.6) is 0 Å². The molecule has 5 nitrogen and oxygen atoms in total. The van der Waals surface area contributed by atoms with Crippen molar-refractivity contribution in [2.24, 2.45) is 11.3 Å². The second-order valence-electron chi connectivity index (χ2n) is 7.48. The van der Waals surface area contributed by atoms with Gasteiger partial charge < -0.3 is 9.80 Å². The number of benzene rings is 1. The van der Waals surface area contributed by atoms with Crippen molar-refractivity contribution in [3.05, 3.63) is 66.0 Å². The summed E-state index contributed by atoms with van der Waals surface area (Å²) in [7, 11) is 1.84. The molecule has 1 aliphatic heterocycles. The third-order valence-electron chi connectivity index (χ3n) is 5.68. The zero-order chi connectivity index (χ0) is 18.1. The molecule has 0 radical (unpaired) electrons. The molecular weight excluding hydrogens is 326 g/mol. The number of hydrogen-bond acceptors (Lipinski definition) is 3. The maximum absolute atomic E-state index is 12.8. The molecule has 4 rings (SSSR count). The van der Waals surface area contributed by atoms with Crippen molar-refractivity contribution in [3.63, 3.8) is 0 Å². The Hall–Kier alpha value is -2.69. The molecular formula is C21H23N3O2. The van der Waals surface area contributed by atoms with E-state index in [0.29, 0.717) is 13.1 Å². The van der Waals surface area contributed by atoms with Crippen molar-refractivity contribution < 1.29 is 9.59 Å². The first kappa shape index (κ1) is 16.8. The molecule has 1 aromatic carbocycles. The predicted molar refractivity (Wildman–Crippen MR) is 98.2 cm³/mol. The number of carbonyl (C=O) groups is 2. The second-order valence-corrected chi connectivity index (χ2v) is 7.48. The van der Waals surface area contributed by atoms with Gasteiger partial charge in [0.2, 0.25) is 5.91 Å². The van der Waals surface area contributed by atoms with E-state index in [1.54, 1.807) is 11.1 Å². The number of nitrogens with zero attached hydrogens (tertiary/aromatic N) is 3. The summed E-state index contributed by atoms with van der Waals surface area (Å²) in [5, 5.41) is 0. The van der Waals surface area contributed by atoms with Crippen LogP contribution in [0.2, 0.25) is 0 Å². The quantitative estimate of drug-likeness (QED) is 0.852. The lowest BCUT2D eigenvalue weighted by Gasteiger charge is -2.19. The molecule has 1 saturated carbocycles. The fraction of sp³-hybridized carbons (Fsp3) is 0.381. The number of hydrogen-bond donors (Lipinski definition) is 0. The summed E-state index contributed by atoms with van der Waals surface area (Å²) in [6, 6.07) is 15.1. The zero-order valence-corrected chi connectivity index (χ0v) is 15.0. The Labute approximate surface area is 153 Å². The van der Waals surface area contributed by atoms with E-state index < -0.39 is 0 Å². The van der Waals surface area contributed by atoms with Gasteiger partial charge in [-0.1, -0.05) is 24.3 Å². The highest BCUT2D eigenvalue weighted by molar-refractivity contribution is 5.94. The van der Waals surface area contributed by atoms with Crippen LogP contribution in [0.3, 0.4) is 0 Å². The first-order chi connectivity index (χ1) is 12.6. The smallest absolute Gasteiger partial charge is 0.253 e.